The zero-order chi connectivity index (χ0) is 9.80. The zero-order valence-corrected chi connectivity index (χ0v) is 8.32. The second-order valence-electron chi connectivity index (χ2n) is 3.48. The molecule has 1 aromatic heterocycles. The first-order valence-corrected chi connectivity index (χ1v) is 4.95. The third-order valence-electron chi connectivity index (χ3n) is 2.33. The lowest BCUT2D eigenvalue weighted by Gasteiger charge is -2.22. The Morgan fingerprint density at radius 1 is 1.36 bits per heavy atom. The van der Waals surface area contributed by atoms with E-state index in [9.17, 15) is 0 Å². The van der Waals surface area contributed by atoms with E-state index in [1.165, 1.54) is 0 Å². The van der Waals surface area contributed by atoms with E-state index in [-0.39, 0.29) is 0 Å². The van der Waals surface area contributed by atoms with E-state index >= 15 is 0 Å². The summed E-state index contributed by atoms with van der Waals surface area (Å²) in [6.45, 7) is 4.15. The summed E-state index contributed by atoms with van der Waals surface area (Å²) in [5.41, 5.74) is 0. The predicted octanol–water partition coefficient (Wildman–Crippen LogP) is 0.647. The summed E-state index contributed by atoms with van der Waals surface area (Å²) in [5.74, 6) is 1.28. The number of aromatic nitrogens is 2. The third-order valence-corrected chi connectivity index (χ3v) is 2.33. The van der Waals surface area contributed by atoms with E-state index < -0.39 is 0 Å². The summed E-state index contributed by atoms with van der Waals surface area (Å²) in [7, 11) is 0. The monoisotopic (exact) mass is 197 g/mol. The molecule has 0 spiro atoms. The van der Waals surface area contributed by atoms with Crippen molar-refractivity contribution in [2.45, 2.75) is 32.4 Å². The second kappa shape index (κ2) is 4.52. The minimum Gasteiger partial charge on any atom is -0.424 e. The van der Waals surface area contributed by atoms with Gasteiger partial charge >= 0.3 is 0 Å². The van der Waals surface area contributed by atoms with Crippen LogP contribution in [-0.2, 0) is 11.3 Å². The van der Waals surface area contributed by atoms with Gasteiger partial charge in [-0.15, -0.1) is 10.2 Å². The molecular weight excluding hydrogens is 182 g/mol. The molecule has 0 amide bonds. The van der Waals surface area contributed by atoms with Crippen molar-refractivity contribution in [2.24, 2.45) is 0 Å². The summed E-state index contributed by atoms with van der Waals surface area (Å²) in [4.78, 5) is 0. The third kappa shape index (κ3) is 2.52. The molecule has 5 heteroatoms. The Hall–Kier alpha value is -0.940. The highest BCUT2D eigenvalue weighted by atomic mass is 16.5. The van der Waals surface area contributed by atoms with Crippen molar-refractivity contribution in [1.82, 2.24) is 15.5 Å². The minimum absolute atomic E-state index is 0.524. The molecule has 1 N–H and O–H groups in total. The normalized spacial score (nSPS) is 18.6. The van der Waals surface area contributed by atoms with Gasteiger partial charge in [0.25, 0.3) is 0 Å². The lowest BCUT2D eigenvalue weighted by atomic mass is 10.1. The molecule has 14 heavy (non-hydrogen) atoms. The summed E-state index contributed by atoms with van der Waals surface area (Å²) < 4.78 is 10.5. The average molecular weight is 197 g/mol. The molecule has 1 aromatic rings. The molecule has 78 valence electrons. The van der Waals surface area contributed by atoms with Gasteiger partial charge in [0.05, 0.1) is 6.54 Å². The van der Waals surface area contributed by atoms with Crippen molar-refractivity contribution in [3.63, 3.8) is 0 Å². The zero-order valence-electron chi connectivity index (χ0n) is 8.32. The Morgan fingerprint density at radius 2 is 2.14 bits per heavy atom. The summed E-state index contributed by atoms with van der Waals surface area (Å²) in [6.07, 6.45) is 2.13. The maximum atomic E-state index is 5.26. The molecule has 0 saturated carbocycles. The molecule has 0 atom stereocenters. The van der Waals surface area contributed by atoms with Crippen LogP contribution in [0.25, 0.3) is 0 Å². The molecule has 2 rings (SSSR count). The Labute approximate surface area is 82.8 Å². The number of hydrogen-bond donors (Lipinski definition) is 1. The van der Waals surface area contributed by atoms with Crippen LogP contribution in [0, 0.1) is 6.92 Å². The molecule has 1 aliphatic rings. The minimum atomic E-state index is 0.524. The maximum Gasteiger partial charge on any atom is 0.230 e. The maximum absolute atomic E-state index is 5.26. The average Bonchev–Trinajstić information content (AvgIpc) is 2.63. The van der Waals surface area contributed by atoms with E-state index in [0.717, 1.165) is 26.1 Å². The molecular formula is C9H15N3O2. The highest BCUT2D eigenvalue weighted by Crippen LogP contribution is 2.07. The number of aryl methyl sites for hydroxylation is 1. The summed E-state index contributed by atoms with van der Waals surface area (Å²) in [6, 6.07) is 0.524. The molecule has 1 saturated heterocycles. The van der Waals surface area contributed by atoms with Gasteiger partial charge in [0.15, 0.2) is 0 Å². The van der Waals surface area contributed by atoms with Crippen molar-refractivity contribution in [1.29, 1.82) is 0 Å². The van der Waals surface area contributed by atoms with Gasteiger partial charge in [0.2, 0.25) is 11.8 Å². The fraction of sp³-hybridized carbons (Fsp3) is 0.778. The SMILES string of the molecule is Cc1nnc(CNC2CCOCC2)o1. The Balaban J connectivity index is 1.76. The van der Waals surface area contributed by atoms with Crippen LogP contribution in [0.2, 0.25) is 0 Å². The Morgan fingerprint density at radius 3 is 2.79 bits per heavy atom. The van der Waals surface area contributed by atoms with E-state index in [4.69, 9.17) is 9.15 Å². The fourth-order valence-corrected chi connectivity index (χ4v) is 1.54. The van der Waals surface area contributed by atoms with Crippen molar-refractivity contribution < 1.29 is 9.15 Å². The van der Waals surface area contributed by atoms with Crippen molar-refractivity contribution in [2.75, 3.05) is 13.2 Å². The van der Waals surface area contributed by atoms with Crippen LogP contribution in [0.3, 0.4) is 0 Å². The summed E-state index contributed by atoms with van der Waals surface area (Å²) >= 11 is 0. The van der Waals surface area contributed by atoms with E-state index in [2.05, 4.69) is 15.5 Å². The predicted molar refractivity (Wildman–Crippen MR) is 49.7 cm³/mol. The quantitative estimate of drug-likeness (QED) is 0.770. The van der Waals surface area contributed by atoms with Crippen LogP contribution in [0.4, 0.5) is 0 Å². The van der Waals surface area contributed by atoms with Crippen LogP contribution < -0.4 is 5.32 Å². The number of nitrogens with zero attached hydrogens (tertiary/aromatic N) is 2. The first-order valence-electron chi connectivity index (χ1n) is 4.95. The second-order valence-corrected chi connectivity index (χ2v) is 3.48. The van der Waals surface area contributed by atoms with E-state index in [1.54, 1.807) is 6.92 Å². The molecule has 5 nitrogen and oxygen atoms in total. The van der Waals surface area contributed by atoms with Crippen LogP contribution >= 0.6 is 0 Å². The molecule has 2 heterocycles. The molecule has 0 bridgehead atoms. The largest absolute Gasteiger partial charge is 0.424 e. The summed E-state index contributed by atoms with van der Waals surface area (Å²) in [5, 5.41) is 11.1. The van der Waals surface area contributed by atoms with Gasteiger partial charge in [-0.2, -0.15) is 0 Å². The van der Waals surface area contributed by atoms with Crippen LogP contribution in [0.1, 0.15) is 24.6 Å². The van der Waals surface area contributed by atoms with Crippen molar-refractivity contribution >= 4 is 0 Å². The highest BCUT2D eigenvalue weighted by Gasteiger charge is 2.13. The van der Waals surface area contributed by atoms with Gasteiger partial charge in [-0.1, -0.05) is 0 Å². The van der Waals surface area contributed by atoms with Gasteiger partial charge in [0.1, 0.15) is 0 Å². The van der Waals surface area contributed by atoms with Crippen molar-refractivity contribution in [3.05, 3.63) is 11.8 Å². The van der Waals surface area contributed by atoms with Gasteiger partial charge < -0.3 is 14.5 Å². The number of ether oxygens (including phenoxy) is 1. The topological polar surface area (TPSA) is 60.2 Å². The molecule has 0 aliphatic carbocycles. The molecule has 0 aromatic carbocycles. The molecule has 1 aliphatic heterocycles. The Kier molecular flexibility index (Phi) is 3.10. The standard InChI is InChI=1S/C9H15N3O2/c1-7-11-12-9(14-7)6-10-8-2-4-13-5-3-8/h8,10H,2-6H2,1H3. The van der Waals surface area contributed by atoms with Crippen LogP contribution in [-0.4, -0.2) is 29.5 Å². The number of nitrogens with one attached hydrogen (secondary N) is 1. The van der Waals surface area contributed by atoms with Crippen molar-refractivity contribution in [3.8, 4) is 0 Å². The molecule has 1 fully saturated rings. The van der Waals surface area contributed by atoms with Crippen LogP contribution in [0.5, 0.6) is 0 Å². The number of rotatable bonds is 3. The van der Waals surface area contributed by atoms with Crippen LogP contribution in [0.15, 0.2) is 4.42 Å². The number of hydrogen-bond acceptors (Lipinski definition) is 5. The first kappa shape index (κ1) is 9.61. The molecule has 0 radical (unpaired) electrons. The lowest BCUT2D eigenvalue weighted by Crippen LogP contribution is -2.34. The smallest absolute Gasteiger partial charge is 0.230 e. The van der Waals surface area contributed by atoms with E-state index in [0.29, 0.717) is 24.4 Å². The Bertz CT molecular complexity index is 281. The van der Waals surface area contributed by atoms with Gasteiger partial charge in [-0.05, 0) is 12.8 Å². The lowest BCUT2D eigenvalue weighted by molar-refractivity contribution is 0.0769. The van der Waals surface area contributed by atoms with Gasteiger partial charge in [0, 0.05) is 26.2 Å². The highest BCUT2D eigenvalue weighted by molar-refractivity contribution is 4.80. The van der Waals surface area contributed by atoms with Gasteiger partial charge in [-0.25, -0.2) is 0 Å². The van der Waals surface area contributed by atoms with Gasteiger partial charge in [-0.3, -0.25) is 0 Å². The first-order chi connectivity index (χ1) is 6.84. The van der Waals surface area contributed by atoms with E-state index in [1.807, 2.05) is 0 Å². The fourth-order valence-electron chi connectivity index (χ4n) is 1.54. The molecule has 0 unspecified atom stereocenters.